The highest BCUT2D eigenvalue weighted by molar-refractivity contribution is 6.62. The van der Waals surface area contributed by atoms with Gasteiger partial charge in [0.25, 0.3) is 0 Å². The Bertz CT molecular complexity index is 427. The van der Waals surface area contributed by atoms with Gasteiger partial charge in [-0.15, -0.1) is 0 Å². The Labute approximate surface area is 115 Å². The Morgan fingerprint density at radius 2 is 1.79 bits per heavy atom. The summed E-state index contributed by atoms with van der Waals surface area (Å²) in [6.07, 6.45) is 2.60. The van der Waals surface area contributed by atoms with Gasteiger partial charge in [-0.25, -0.2) is 0 Å². The summed E-state index contributed by atoms with van der Waals surface area (Å²) in [5.41, 5.74) is 7.08. The molecule has 0 radical (unpaired) electrons. The largest absolute Gasteiger partial charge is 0.496 e. The molecule has 4 nitrogen and oxygen atoms in total. The maximum atomic E-state index is 5.98. The third-order valence-corrected chi connectivity index (χ3v) is 3.90. The van der Waals surface area contributed by atoms with Crippen LogP contribution in [0.4, 0.5) is 0 Å². The van der Waals surface area contributed by atoms with Gasteiger partial charge in [0.15, 0.2) is 0 Å². The highest BCUT2D eigenvalue weighted by atomic mass is 16.7. The molecule has 1 aliphatic rings. The lowest BCUT2D eigenvalue weighted by atomic mass is 9.80. The van der Waals surface area contributed by atoms with Gasteiger partial charge in [-0.05, 0) is 40.7 Å². The van der Waals surface area contributed by atoms with Gasteiger partial charge in [0, 0.05) is 29.8 Å². The normalized spacial score (nSPS) is 22.5. The van der Waals surface area contributed by atoms with E-state index < -0.39 is 0 Å². The molecule has 0 aliphatic carbocycles. The molecule has 2 heterocycles. The van der Waals surface area contributed by atoms with Crippen LogP contribution in [0.3, 0.4) is 0 Å². The van der Waals surface area contributed by atoms with Crippen LogP contribution in [0, 0.1) is 0 Å². The molecule has 0 bridgehead atoms. The second kappa shape index (κ2) is 4.89. The molecule has 2 N–H and O–H groups in total. The van der Waals surface area contributed by atoms with Gasteiger partial charge in [0.1, 0.15) is 0 Å². The van der Waals surface area contributed by atoms with Gasteiger partial charge in [-0.2, -0.15) is 0 Å². The molecule has 1 atom stereocenters. The Kier molecular flexibility index (Phi) is 3.73. The van der Waals surface area contributed by atoms with E-state index in [1.54, 1.807) is 0 Å². The highest BCUT2D eigenvalue weighted by Crippen LogP contribution is 2.36. The number of nitrogens with two attached hydrogens (primary N) is 1. The van der Waals surface area contributed by atoms with Crippen molar-refractivity contribution in [3.63, 3.8) is 0 Å². The van der Waals surface area contributed by atoms with Crippen molar-refractivity contribution < 1.29 is 9.31 Å². The highest BCUT2D eigenvalue weighted by Gasteiger charge is 2.51. The van der Waals surface area contributed by atoms with Gasteiger partial charge in [-0.3, -0.25) is 4.98 Å². The molecule has 1 unspecified atom stereocenters. The fourth-order valence-electron chi connectivity index (χ4n) is 2.01. The summed E-state index contributed by atoms with van der Waals surface area (Å²) < 4.78 is 12.0. The molecule has 104 valence electrons. The SMILES string of the molecule is CC(N)Cc1ccc(B2OC(C)(C)C(C)(C)O2)cn1. The predicted octanol–water partition coefficient (Wildman–Crippen LogP) is 1.27. The van der Waals surface area contributed by atoms with Crippen LogP contribution in [0.5, 0.6) is 0 Å². The zero-order chi connectivity index (χ0) is 14.3. The first-order valence-electron chi connectivity index (χ1n) is 6.77. The number of hydrogen-bond acceptors (Lipinski definition) is 4. The molecule has 1 aromatic heterocycles. The molecule has 0 aromatic carbocycles. The van der Waals surface area contributed by atoms with Crippen LogP contribution in [0.15, 0.2) is 18.3 Å². The Morgan fingerprint density at radius 1 is 1.21 bits per heavy atom. The van der Waals surface area contributed by atoms with E-state index in [4.69, 9.17) is 15.0 Å². The summed E-state index contributed by atoms with van der Waals surface area (Å²) in [7, 11) is -0.346. The maximum absolute atomic E-state index is 5.98. The molecule has 1 aliphatic heterocycles. The van der Waals surface area contributed by atoms with Gasteiger partial charge in [-0.1, -0.05) is 6.07 Å². The molecule has 0 spiro atoms. The standard InChI is InChI=1S/C14H23BN2O2/c1-10(16)8-12-7-6-11(9-17-12)15-18-13(2,3)14(4,5)19-15/h6-7,9-10H,8,16H2,1-5H3. The smallest absolute Gasteiger partial charge is 0.399 e. The van der Waals surface area contributed by atoms with Crippen LogP contribution in [0.25, 0.3) is 0 Å². The van der Waals surface area contributed by atoms with Gasteiger partial charge < -0.3 is 15.0 Å². The number of hydrogen-bond donors (Lipinski definition) is 1. The lowest BCUT2D eigenvalue weighted by molar-refractivity contribution is 0.00578. The van der Waals surface area contributed by atoms with Crippen LogP contribution in [0.2, 0.25) is 0 Å². The van der Waals surface area contributed by atoms with E-state index in [1.807, 2.05) is 52.9 Å². The van der Waals surface area contributed by atoms with E-state index in [-0.39, 0.29) is 24.4 Å². The van der Waals surface area contributed by atoms with Crippen LogP contribution >= 0.6 is 0 Å². The lowest BCUT2D eigenvalue weighted by Gasteiger charge is -2.32. The van der Waals surface area contributed by atoms with Gasteiger partial charge in [0.2, 0.25) is 0 Å². The van der Waals surface area contributed by atoms with Crippen molar-refractivity contribution >= 4 is 12.6 Å². The molecular formula is C14H23BN2O2. The zero-order valence-electron chi connectivity index (χ0n) is 12.4. The van der Waals surface area contributed by atoms with E-state index >= 15 is 0 Å². The first-order valence-corrected chi connectivity index (χ1v) is 6.77. The monoisotopic (exact) mass is 262 g/mol. The van der Waals surface area contributed by atoms with Gasteiger partial charge >= 0.3 is 7.12 Å². The number of pyridine rings is 1. The van der Waals surface area contributed by atoms with Crippen LogP contribution in [-0.4, -0.2) is 29.3 Å². The topological polar surface area (TPSA) is 57.4 Å². The van der Waals surface area contributed by atoms with Crippen LogP contribution in [0.1, 0.15) is 40.3 Å². The van der Waals surface area contributed by atoms with Crippen molar-refractivity contribution in [2.75, 3.05) is 0 Å². The molecule has 19 heavy (non-hydrogen) atoms. The molecule has 1 fully saturated rings. The fraction of sp³-hybridized carbons (Fsp3) is 0.643. The second-order valence-corrected chi connectivity index (χ2v) is 6.35. The summed E-state index contributed by atoms with van der Waals surface area (Å²) in [6.45, 7) is 10.2. The summed E-state index contributed by atoms with van der Waals surface area (Å²) in [5.74, 6) is 0. The molecule has 1 aromatic rings. The maximum Gasteiger partial charge on any atom is 0.496 e. The first kappa shape index (κ1) is 14.5. The van der Waals surface area contributed by atoms with Crippen LogP contribution < -0.4 is 11.2 Å². The van der Waals surface area contributed by atoms with Crippen LogP contribution in [-0.2, 0) is 15.7 Å². The zero-order valence-corrected chi connectivity index (χ0v) is 12.4. The number of nitrogens with zero attached hydrogens (tertiary/aromatic N) is 1. The van der Waals surface area contributed by atoms with Crippen molar-refractivity contribution in [3.05, 3.63) is 24.0 Å². The molecule has 1 saturated heterocycles. The van der Waals surface area contributed by atoms with E-state index in [2.05, 4.69) is 4.98 Å². The average Bonchev–Trinajstić information content (AvgIpc) is 2.48. The lowest BCUT2D eigenvalue weighted by Crippen LogP contribution is -2.41. The Morgan fingerprint density at radius 3 is 2.21 bits per heavy atom. The Balaban J connectivity index is 2.12. The summed E-state index contributed by atoms with van der Waals surface area (Å²) >= 11 is 0. The minimum atomic E-state index is -0.346. The van der Waals surface area contributed by atoms with E-state index in [0.29, 0.717) is 0 Å². The minimum absolute atomic E-state index is 0.121. The van der Waals surface area contributed by atoms with Crippen molar-refractivity contribution in [2.24, 2.45) is 5.73 Å². The summed E-state index contributed by atoms with van der Waals surface area (Å²) in [4.78, 5) is 4.42. The van der Waals surface area contributed by atoms with E-state index in [0.717, 1.165) is 17.6 Å². The molecule has 2 rings (SSSR count). The summed E-state index contributed by atoms with van der Waals surface area (Å²) in [5, 5.41) is 0. The fourth-order valence-corrected chi connectivity index (χ4v) is 2.01. The van der Waals surface area contributed by atoms with Crippen molar-refractivity contribution in [2.45, 2.75) is 58.3 Å². The summed E-state index contributed by atoms with van der Waals surface area (Å²) in [6, 6.07) is 4.12. The Hall–Kier alpha value is -0.905. The van der Waals surface area contributed by atoms with Crippen molar-refractivity contribution in [3.8, 4) is 0 Å². The second-order valence-electron chi connectivity index (χ2n) is 6.35. The van der Waals surface area contributed by atoms with E-state index in [9.17, 15) is 0 Å². The minimum Gasteiger partial charge on any atom is -0.399 e. The van der Waals surface area contributed by atoms with Gasteiger partial charge in [0.05, 0.1) is 11.2 Å². The van der Waals surface area contributed by atoms with Crippen molar-refractivity contribution in [1.29, 1.82) is 0 Å². The first-order chi connectivity index (χ1) is 8.71. The molecule has 5 heteroatoms. The molecule has 0 amide bonds. The average molecular weight is 262 g/mol. The molecular weight excluding hydrogens is 239 g/mol. The third-order valence-electron chi connectivity index (χ3n) is 3.90. The number of aromatic nitrogens is 1. The molecule has 0 saturated carbocycles. The van der Waals surface area contributed by atoms with E-state index in [1.165, 1.54) is 0 Å². The van der Waals surface area contributed by atoms with Crippen molar-refractivity contribution in [1.82, 2.24) is 4.98 Å². The number of rotatable bonds is 3. The third kappa shape index (κ3) is 2.99. The quantitative estimate of drug-likeness (QED) is 0.833. The predicted molar refractivity (Wildman–Crippen MR) is 77.3 cm³/mol.